The smallest absolute Gasteiger partial charge is 0.310 e. The van der Waals surface area contributed by atoms with Crippen LogP contribution in [-0.2, 0) is 9.53 Å². The Morgan fingerprint density at radius 1 is 1.47 bits per heavy atom. The van der Waals surface area contributed by atoms with Gasteiger partial charge in [-0.15, -0.1) is 0 Å². The summed E-state index contributed by atoms with van der Waals surface area (Å²) in [4.78, 5) is 11.3. The maximum Gasteiger partial charge on any atom is 0.310 e. The molecule has 2 N–H and O–H groups in total. The summed E-state index contributed by atoms with van der Waals surface area (Å²) in [6, 6.07) is 0. The Balaban J connectivity index is 1.96. The summed E-state index contributed by atoms with van der Waals surface area (Å²) in [6.07, 6.45) is 3.64. The lowest BCUT2D eigenvalue weighted by Crippen LogP contribution is -2.36. The molecule has 0 amide bonds. The van der Waals surface area contributed by atoms with Crippen molar-refractivity contribution >= 4 is 5.97 Å². The van der Waals surface area contributed by atoms with E-state index in [2.05, 4.69) is 5.32 Å². The minimum atomic E-state index is -0.626. The standard InChI is InChI=1S/C11H19NO3/c13-10(14)11(3-4-12-8-11)7-9-1-5-15-6-2-9/h9,12H,1-8H2,(H,13,14). The molecule has 4 heteroatoms. The molecule has 0 spiro atoms. The molecule has 86 valence electrons. The second-order valence-corrected chi connectivity index (χ2v) is 4.77. The third-order valence-electron chi connectivity index (χ3n) is 3.72. The normalized spacial score (nSPS) is 33.1. The summed E-state index contributed by atoms with van der Waals surface area (Å²) in [7, 11) is 0. The van der Waals surface area contributed by atoms with Gasteiger partial charge >= 0.3 is 5.97 Å². The van der Waals surface area contributed by atoms with Crippen molar-refractivity contribution < 1.29 is 14.6 Å². The topological polar surface area (TPSA) is 58.6 Å². The van der Waals surface area contributed by atoms with E-state index >= 15 is 0 Å². The second-order valence-electron chi connectivity index (χ2n) is 4.77. The van der Waals surface area contributed by atoms with Crippen LogP contribution in [0.5, 0.6) is 0 Å². The lowest BCUT2D eigenvalue weighted by molar-refractivity contribution is -0.149. The molecule has 0 aromatic carbocycles. The van der Waals surface area contributed by atoms with Gasteiger partial charge in [-0.25, -0.2) is 0 Å². The van der Waals surface area contributed by atoms with Gasteiger partial charge in [0.05, 0.1) is 5.41 Å². The zero-order valence-electron chi connectivity index (χ0n) is 9.00. The summed E-state index contributed by atoms with van der Waals surface area (Å²) < 4.78 is 5.29. The van der Waals surface area contributed by atoms with Crippen LogP contribution in [0.1, 0.15) is 25.7 Å². The van der Waals surface area contributed by atoms with Gasteiger partial charge in [0.15, 0.2) is 0 Å². The first-order chi connectivity index (χ1) is 7.23. The molecule has 2 saturated heterocycles. The van der Waals surface area contributed by atoms with Crippen molar-refractivity contribution in [2.45, 2.75) is 25.7 Å². The van der Waals surface area contributed by atoms with Crippen LogP contribution >= 0.6 is 0 Å². The van der Waals surface area contributed by atoms with Gasteiger partial charge in [0, 0.05) is 19.8 Å². The number of hydrogen-bond acceptors (Lipinski definition) is 3. The molecule has 1 unspecified atom stereocenters. The van der Waals surface area contributed by atoms with Gasteiger partial charge in [0.2, 0.25) is 0 Å². The minimum Gasteiger partial charge on any atom is -0.481 e. The van der Waals surface area contributed by atoms with Crippen molar-refractivity contribution in [2.75, 3.05) is 26.3 Å². The number of carboxylic acid groups (broad SMARTS) is 1. The summed E-state index contributed by atoms with van der Waals surface area (Å²) >= 11 is 0. The Labute approximate surface area is 90.0 Å². The van der Waals surface area contributed by atoms with E-state index in [0.717, 1.165) is 45.4 Å². The average Bonchev–Trinajstić information content (AvgIpc) is 2.69. The molecule has 2 heterocycles. The SMILES string of the molecule is O=C(O)C1(CC2CCOCC2)CCNC1. The summed E-state index contributed by atoms with van der Waals surface area (Å²) in [5.74, 6) is -0.0891. The fourth-order valence-electron chi connectivity index (χ4n) is 2.69. The van der Waals surface area contributed by atoms with Crippen molar-refractivity contribution in [1.29, 1.82) is 0 Å². The van der Waals surface area contributed by atoms with Crippen molar-refractivity contribution in [3.05, 3.63) is 0 Å². The second kappa shape index (κ2) is 4.49. The molecule has 4 nitrogen and oxygen atoms in total. The molecule has 15 heavy (non-hydrogen) atoms. The molecule has 0 saturated carbocycles. The van der Waals surface area contributed by atoms with E-state index in [1.54, 1.807) is 0 Å². The Kier molecular flexibility index (Phi) is 3.26. The number of rotatable bonds is 3. The van der Waals surface area contributed by atoms with E-state index in [1.165, 1.54) is 0 Å². The number of ether oxygens (including phenoxy) is 1. The lowest BCUT2D eigenvalue weighted by Gasteiger charge is -2.30. The van der Waals surface area contributed by atoms with Crippen molar-refractivity contribution in [3.8, 4) is 0 Å². The molecule has 1 atom stereocenters. The highest BCUT2D eigenvalue weighted by Crippen LogP contribution is 2.36. The fraction of sp³-hybridized carbons (Fsp3) is 0.909. The van der Waals surface area contributed by atoms with Crippen LogP contribution in [0.15, 0.2) is 0 Å². The van der Waals surface area contributed by atoms with E-state index in [1.807, 2.05) is 0 Å². The number of hydrogen-bond donors (Lipinski definition) is 2. The number of aliphatic carboxylic acids is 1. The highest BCUT2D eigenvalue weighted by molar-refractivity contribution is 5.75. The van der Waals surface area contributed by atoms with Crippen LogP contribution in [-0.4, -0.2) is 37.4 Å². The van der Waals surface area contributed by atoms with Gasteiger partial charge in [-0.2, -0.15) is 0 Å². The van der Waals surface area contributed by atoms with E-state index < -0.39 is 11.4 Å². The molecule has 0 aliphatic carbocycles. The predicted octanol–water partition coefficient (Wildman–Crippen LogP) is 0.867. The maximum absolute atomic E-state index is 11.3. The molecule has 0 radical (unpaired) electrons. The molecule has 2 aliphatic heterocycles. The zero-order valence-corrected chi connectivity index (χ0v) is 9.00. The van der Waals surface area contributed by atoms with Gasteiger partial charge in [-0.3, -0.25) is 4.79 Å². The molecule has 0 bridgehead atoms. The highest BCUT2D eigenvalue weighted by atomic mass is 16.5. The maximum atomic E-state index is 11.3. The summed E-state index contributed by atoms with van der Waals surface area (Å²) in [6.45, 7) is 3.08. The molecule has 2 fully saturated rings. The first-order valence-electron chi connectivity index (χ1n) is 5.75. The van der Waals surface area contributed by atoms with E-state index in [-0.39, 0.29) is 0 Å². The fourth-order valence-corrected chi connectivity index (χ4v) is 2.69. The predicted molar refractivity (Wildman–Crippen MR) is 55.7 cm³/mol. The van der Waals surface area contributed by atoms with Gasteiger partial charge in [-0.05, 0) is 38.1 Å². The van der Waals surface area contributed by atoms with Gasteiger partial charge < -0.3 is 15.2 Å². The Morgan fingerprint density at radius 3 is 2.73 bits per heavy atom. The van der Waals surface area contributed by atoms with Crippen LogP contribution in [0.2, 0.25) is 0 Å². The third-order valence-corrected chi connectivity index (χ3v) is 3.72. The Bertz CT molecular complexity index is 230. The first kappa shape index (κ1) is 10.9. The van der Waals surface area contributed by atoms with Gasteiger partial charge in [-0.1, -0.05) is 0 Å². The van der Waals surface area contributed by atoms with Crippen LogP contribution in [0.4, 0.5) is 0 Å². The first-order valence-corrected chi connectivity index (χ1v) is 5.75. The van der Waals surface area contributed by atoms with Crippen LogP contribution in [0.25, 0.3) is 0 Å². The molecule has 0 aromatic rings. The highest BCUT2D eigenvalue weighted by Gasteiger charge is 2.43. The van der Waals surface area contributed by atoms with Gasteiger partial charge in [0.1, 0.15) is 0 Å². The van der Waals surface area contributed by atoms with E-state index in [4.69, 9.17) is 4.74 Å². The van der Waals surface area contributed by atoms with E-state index in [9.17, 15) is 9.90 Å². The Hall–Kier alpha value is -0.610. The Morgan fingerprint density at radius 2 is 2.20 bits per heavy atom. The van der Waals surface area contributed by atoms with Gasteiger partial charge in [0.25, 0.3) is 0 Å². The van der Waals surface area contributed by atoms with Crippen LogP contribution < -0.4 is 5.32 Å². The lowest BCUT2D eigenvalue weighted by atomic mass is 9.76. The van der Waals surface area contributed by atoms with Crippen molar-refractivity contribution in [1.82, 2.24) is 5.32 Å². The van der Waals surface area contributed by atoms with E-state index in [0.29, 0.717) is 12.5 Å². The molecular weight excluding hydrogens is 194 g/mol. The minimum absolute atomic E-state index is 0.498. The third kappa shape index (κ3) is 2.32. The summed E-state index contributed by atoms with van der Waals surface area (Å²) in [5, 5.41) is 12.5. The monoisotopic (exact) mass is 213 g/mol. The van der Waals surface area contributed by atoms with Crippen LogP contribution in [0, 0.1) is 11.3 Å². The van der Waals surface area contributed by atoms with Crippen molar-refractivity contribution in [3.63, 3.8) is 0 Å². The zero-order chi connectivity index (χ0) is 10.7. The van der Waals surface area contributed by atoms with Crippen molar-refractivity contribution in [2.24, 2.45) is 11.3 Å². The average molecular weight is 213 g/mol. The number of carboxylic acids is 1. The molecule has 2 rings (SSSR count). The largest absolute Gasteiger partial charge is 0.481 e. The molecule has 2 aliphatic rings. The molecular formula is C11H19NO3. The number of carbonyl (C=O) groups is 1. The molecule has 0 aromatic heterocycles. The summed E-state index contributed by atoms with van der Waals surface area (Å²) in [5.41, 5.74) is -0.498. The quantitative estimate of drug-likeness (QED) is 0.730. The van der Waals surface area contributed by atoms with Crippen LogP contribution in [0.3, 0.4) is 0 Å². The number of nitrogens with one attached hydrogen (secondary N) is 1.